The normalized spacial score (nSPS) is 19.8. The first-order chi connectivity index (χ1) is 7.68. The number of rotatable bonds is 2. The molecule has 1 aromatic rings. The highest BCUT2D eigenvalue weighted by Gasteiger charge is 2.23. The van der Waals surface area contributed by atoms with Crippen molar-refractivity contribution >= 4 is 35.0 Å². The molecule has 6 heteroatoms. The van der Waals surface area contributed by atoms with E-state index >= 15 is 0 Å². The predicted octanol–water partition coefficient (Wildman–Crippen LogP) is 2.08. The Morgan fingerprint density at radius 3 is 3.06 bits per heavy atom. The summed E-state index contributed by atoms with van der Waals surface area (Å²) >= 11 is 7.43. The number of carbonyl (C=O) groups excluding carboxylic acids is 1. The van der Waals surface area contributed by atoms with Crippen LogP contribution in [0.15, 0.2) is 18.2 Å². The lowest BCUT2D eigenvalue weighted by atomic mass is 10.2. The molecule has 0 aliphatic carbocycles. The van der Waals surface area contributed by atoms with E-state index in [2.05, 4.69) is 10.6 Å². The molecule has 16 heavy (non-hydrogen) atoms. The third-order valence-electron chi connectivity index (χ3n) is 2.24. The Balaban J connectivity index is 2.11. The smallest absolute Gasteiger partial charge is 0.242 e. The highest BCUT2D eigenvalue weighted by Crippen LogP contribution is 2.25. The van der Waals surface area contributed by atoms with Crippen LogP contribution in [0.4, 0.5) is 10.1 Å². The maximum Gasteiger partial charge on any atom is 0.242 e. The van der Waals surface area contributed by atoms with Crippen molar-refractivity contribution in [2.75, 3.05) is 16.9 Å². The Morgan fingerprint density at radius 2 is 2.44 bits per heavy atom. The van der Waals surface area contributed by atoms with Crippen LogP contribution in [-0.2, 0) is 4.79 Å². The lowest BCUT2D eigenvalue weighted by Crippen LogP contribution is -2.37. The molecule has 0 radical (unpaired) electrons. The standard InChI is InChI=1S/C10H10ClFN2OS/c11-6-2-1-3-7(12)9(6)14-10(15)8-4-16-5-13-8/h1-3,8,13H,4-5H2,(H,14,15). The molecule has 1 saturated heterocycles. The van der Waals surface area contributed by atoms with Crippen molar-refractivity contribution in [2.45, 2.75) is 6.04 Å². The van der Waals surface area contributed by atoms with Crippen molar-refractivity contribution in [1.82, 2.24) is 5.32 Å². The summed E-state index contributed by atoms with van der Waals surface area (Å²) in [6, 6.07) is 4.02. The van der Waals surface area contributed by atoms with E-state index in [0.717, 1.165) is 5.88 Å². The van der Waals surface area contributed by atoms with E-state index in [4.69, 9.17) is 11.6 Å². The van der Waals surface area contributed by atoms with Crippen LogP contribution < -0.4 is 10.6 Å². The summed E-state index contributed by atoms with van der Waals surface area (Å²) < 4.78 is 13.4. The van der Waals surface area contributed by atoms with Crippen LogP contribution in [0.5, 0.6) is 0 Å². The van der Waals surface area contributed by atoms with Gasteiger partial charge in [-0.25, -0.2) is 4.39 Å². The molecule has 86 valence electrons. The fourth-order valence-corrected chi connectivity index (χ4v) is 2.54. The summed E-state index contributed by atoms with van der Waals surface area (Å²) in [5.41, 5.74) is 0.0490. The number of carbonyl (C=O) groups is 1. The van der Waals surface area contributed by atoms with Gasteiger partial charge in [-0.3, -0.25) is 10.1 Å². The molecule has 1 amide bonds. The van der Waals surface area contributed by atoms with E-state index in [1.807, 2.05) is 0 Å². The van der Waals surface area contributed by atoms with Crippen LogP contribution in [0.2, 0.25) is 5.02 Å². The largest absolute Gasteiger partial charge is 0.321 e. The molecular weight excluding hydrogens is 251 g/mol. The van der Waals surface area contributed by atoms with Crippen LogP contribution in [0, 0.1) is 5.82 Å². The van der Waals surface area contributed by atoms with Crippen LogP contribution >= 0.6 is 23.4 Å². The van der Waals surface area contributed by atoms with E-state index in [1.54, 1.807) is 11.8 Å². The fourth-order valence-electron chi connectivity index (χ4n) is 1.39. The zero-order valence-electron chi connectivity index (χ0n) is 8.30. The third kappa shape index (κ3) is 2.48. The number of halogens is 2. The number of hydrogen-bond acceptors (Lipinski definition) is 3. The van der Waals surface area contributed by atoms with Gasteiger partial charge in [0.2, 0.25) is 5.91 Å². The average Bonchev–Trinajstić information content (AvgIpc) is 2.76. The monoisotopic (exact) mass is 260 g/mol. The van der Waals surface area contributed by atoms with Crippen LogP contribution in [-0.4, -0.2) is 23.6 Å². The van der Waals surface area contributed by atoms with Gasteiger partial charge in [-0.15, -0.1) is 11.8 Å². The van der Waals surface area contributed by atoms with Gasteiger partial charge in [-0.05, 0) is 12.1 Å². The zero-order valence-corrected chi connectivity index (χ0v) is 9.87. The second kappa shape index (κ2) is 5.03. The minimum absolute atomic E-state index is 0.0490. The molecule has 1 heterocycles. The van der Waals surface area contributed by atoms with Crippen LogP contribution in [0.25, 0.3) is 0 Å². The van der Waals surface area contributed by atoms with E-state index in [9.17, 15) is 9.18 Å². The lowest BCUT2D eigenvalue weighted by molar-refractivity contribution is -0.117. The Labute approximate surface area is 102 Å². The minimum atomic E-state index is -0.522. The van der Waals surface area contributed by atoms with Crippen molar-refractivity contribution in [3.05, 3.63) is 29.0 Å². The second-order valence-electron chi connectivity index (χ2n) is 3.36. The summed E-state index contributed by atoms with van der Waals surface area (Å²) in [4.78, 5) is 11.7. The molecule has 1 fully saturated rings. The highest BCUT2D eigenvalue weighted by atomic mass is 35.5. The molecule has 2 N–H and O–H groups in total. The summed E-state index contributed by atoms with van der Waals surface area (Å²) in [6.07, 6.45) is 0. The third-order valence-corrected chi connectivity index (χ3v) is 3.50. The van der Waals surface area contributed by atoms with E-state index in [1.165, 1.54) is 18.2 Å². The van der Waals surface area contributed by atoms with Gasteiger partial charge in [0.15, 0.2) is 0 Å². The van der Waals surface area contributed by atoms with Crippen LogP contribution in [0.1, 0.15) is 0 Å². The number of thioether (sulfide) groups is 1. The first-order valence-corrected chi connectivity index (χ1v) is 6.28. The zero-order chi connectivity index (χ0) is 11.5. The van der Waals surface area contributed by atoms with Gasteiger partial charge in [0.25, 0.3) is 0 Å². The molecule has 0 spiro atoms. The molecule has 3 nitrogen and oxygen atoms in total. The SMILES string of the molecule is O=C(Nc1c(F)cccc1Cl)C1CSCN1. The molecule has 1 aliphatic rings. The molecular formula is C10H10ClFN2OS. The summed E-state index contributed by atoms with van der Waals surface area (Å²) in [5, 5.41) is 5.71. The van der Waals surface area contributed by atoms with Gasteiger partial charge in [0.1, 0.15) is 5.82 Å². The van der Waals surface area contributed by atoms with E-state index in [0.29, 0.717) is 5.75 Å². The number of hydrogen-bond donors (Lipinski definition) is 2. The van der Waals surface area contributed by atoms with Crippen molar-refractivity contribution in [3.8, 4) is 0 Å². The van der Waals surface area contributed by atoms with Gasteiger partial charge in [-0.2, -0.15) is 0 Å². The summed E-state index contributed by atoms with van der Waals surface area (Å²) in [7, 11) is 0. The molecule has 1 aliphatic heterocycles. The second-order valence-corrected chi connectivity index (χ2v) is 4.80. The average molecular weight is 261 g/mol. The predicted molar refractivity (Wildman–Crippen MR) is 64.3 cm³/mol. The molecule has 0 aromatic heterocycles. The van der Waals surface area contributed by atoms with Gasteiger partial charge >= 0.3 is 0 Å². The molecule has 1 aromatic carbocycles. The molecule has 0 saturated carbocycles. The van der Waals surface area contributed by atoms with Crippen molar-refractivity contribution in [1.29, 1.82) is 0 Å². The lowest BCUT2D eigenvalue weighted by Gasteiger charge is -2.12. The number of para-hydroxylation sites is 1. The van der Waals surface area contributed by atoms with Gasteiger partial charge in [0.05, 0.1) is 16.8 Å². The number of amides is 1. The Hall–Kier alpha value is -0.780. The van der Waals surface area contributed by atoms with Gasteiger partial charge < -0.3 is 5.32 Å². The number of nitrogens with one attached hydrogen (secondary N) is 2. The van der Waals surface area contributed by atoms with Crippen molar-refractivity contribution < 1.29 is 9.18 Å². The highest BCUT2D eigenvalue weighted by molar-refractivity contribution is 7.99. The van der Waals surface area contributed by atoms with Crippen molar-refractivity contribution in [3.63, 3.8) is 0 Å². The molecule has 1 unspecified atom stereocenters. The van der Waals surface area contributed by atoms with E-state index < -0.39 is 5.82 Å². The van der Waals surface area contributed by atoms with Crippen molar-refractivity contribution in [2.24, 2.45) is 0 Å². The quantitative estimate of drug-likeness (QED) is 0.856. The van der Waals surface area contributed by atoms with Crippen LogP contribution in [0.3, 0.4) is 0 Å². The maximum absolute atomic E-state index is 13.4. The Morgan fingerprint density at radius 1 is 1.62 bits per heavy atom. The topological polar surface area (TPSA) is 41.1 Å². The maximum atomic E-state index is 13.4. The fraction of sp³-hybridized carbons (Fsp3) is 0.300. The summed E-state index contributed by atoms with van der Waals surface area (Å²) in [5.74, 6) is 0.657. The Bertz CT molecular complexity index is 390. The summed E-state index contributed by atoms with van der Waals surface area (Å²) in [6.45, 7) is 0. The number of anilines is 1. The van der Waals surface area contributed by atoms with Gasteiger partial charge in [0, 0.05) is 11.6 Å². The molecule has 1 atom stereocenters. The van der Waals surface area contributed by atoms with Gasteiger partial charge in [-0.1, -0.05) is 17.7 Å². The Kier molecular flexibility index (Phi) is 3.68. The molecule has 2 rings (SSSR count). The minimum Gasteiger partial charge on any atom is -0.321 e. The van der Waals surface area contributed by atoms with E-state index in [-0.39, 0.29) is 22.7 Å². The molecule has 0 bridgehead atoms. The number of benzene rings is 1. The first kappa shape index (κ1) is 11.7. The first-order valence-electron chi connectivity index (χ1n) is 4.74.